The summed E-state index contributed by atoms with van der Waals surface area (Å²) in [5.41, 5.74) is 1.19. The fourth-order valence-electron chi connectivity index (χ4n) is 1.66. The molecule has 1 unspecified atom stereocenters. The van der Waals surface area contributed by atoms with Gasteiger partial charge < -0.3 is 9.47 Å². The molecule has 17 heavy (non-hydrogen) atoms. The monoisotopic (exact) mass is 257 g/mol. The molecule has 4 heteroatoms. The van der Waals surface area contributed by atoms with Gasteiger partial charge >= 0.3 is 0 Å². The van der Waals surface area contributed by atoms with Gasteiger partial charge in [-0.15, -0.1) is 0 Å². The van der Waals surface area contributed by atoms with Crippen LogP contribution in [0.15, 0.2) is 24.3 Å². The van der Waals surface area contributed by atoms with E-state index in [2.05, 4.69) is 17.9 Å². The minimum absolute atomic E-state index is 0.207. The SMILES string of the molecule is COC(CN(C)C(C)c1cccc(Cl)c1)OC. The molecule has 1 aromatic rings. The van der Waals surface area contributed by atoms with Gasteiger partial charge in [-0.3, -0.25) is 4.90 Å². The van der Waals surface area contributed by atoms with E-state index in [-0.39, 0.29) is 12.3 Å². The van der Waals surface area contributed by atoms with Crippen molar-refractivity contribution >= 4 is 11.6 Å². The van der Waals surface area contributed by atoms with Crippen LogP contribution in [-0.4, -0.2) is 39.0 Å². The summed E-state index contributed by atoms with van der Waals surface area (Å²) in [7, 11) is 5.33. The average molecular weight is 258 g/mol. The Hall–Kier alpha value is -0.610. The lowest BCUT2D eigenvalue weighted by Crippen LogP contribution is -2.33. The van der Waals surface area contributed by atoms with Crippen LogP contribution in [0.3, 0.4) is 0 Å². The predicted octanol–water partition coefficient (Wildman–Crippen LogP) is 2.95. The van der Waals surface area contributed by atoms with Crippen LogP contribution in [0.1, 0.15) is 18.5 Å². The third-order valence-electron chi connectivity index (χ3n) is 2.96. The topological polar surface area (TPSA) is 21.7 Å². The fraction of sp³-hybridized carbons (Fsp3) is 0.538. The maximum atomic E-state index is 5.99. The summed E-state index contributed by atoms with van der Waals surface area (Å²) in [4.78, 5) is 2.17. The molecule has 96 valence electrons. The van der Waals surface area contributed by atoms with E-state index < -0.39 is 0 Å². The van der Waals surface area contributed by atoms with Crippen molar-refractivity contribution in [3.8, 4) is 0 Å². The van der Waals surface area contributed by atoms with Crippen molar-refractivity contribution in [1.82, 2.24) is 4.90 Å². The zero-order valence-corrected chi connectivity index (χ0v) is 11.6. The van der Waals surface area contributed by atoms with Gasteiger partial charge in [-0.1, -0.05) is 23.7 Å². The maximum Gasteiger partial charge on any atom is 0.169 e. The first-order chi connectivity index (χ1) is 8.08. The molecule has 0 aliphatic heterocycles. The number of hydrogen-bond acceptors (Lipinski definition) is 3. The lowest BCUT2D eigenvalue weighted by Gasteiger charge is -2.28. The first-order valence-electron chi connectivity index (χ1n) is 5.59. The highest BCUT2D eigenvalue weighted by Crippen LogP contribution is 2.22. The molecule has 0 radical (unpaired) electrons. The molecule has 0 saturated heterocycles. The predicted molar refractivity (Wildman–Crippen MR) is 70.3 cm³/mol. The molecule has 0 amide bonds. The van der Waals surface area contributed by atoms with Crippen LogP contribution in [0.4, 0.5) is 0 Å². The van der Waals surface area contributed by atoms with Crippen LogP contribution < -0.4 is 0 Å². The van der Waals surface area contributed by atoms with Crippen LogP contribution in [0.2, 0.25) is 5.02 Å². The van der Waals surface area contributed by atoms with Gasteiger partial charge in [-0.25, -0.2) is 0 Å². The number of rotatable bonds is 6. The number of ether oxygens (including phenoxy) is 2. The number of nitrogens with zero attached hydrogens (tertiary/aromatic N) is 1. The number of halogens is 1. The Bertz CT molecular complexity index is 342. The molecular weight excluding hydrogens is 238 g/mol. The molecule has 0 saturated carbocycles. The van der Waals surface area contributed by atoms with E-state index in [9.17, 15) is 0 Å². The Morgan fingerprint density at radius 3 is 2.47 bits per heavy atom. The number of hydrogen-bond donors (Lipinski definition) is 0. The zero-order valence-electron chi connectivity index (χ0n) is 10.8. The van der Waals surface area contributed by atoms with Gasteiger partial charge in [-0.05, 0) is 31.7 Å². The van der Waals surface area contributed by atoms with E-state index in [1.165, 1.54) is 5.56 Å². The van der Waals surface area contributed by atoms with Crippen molar-refractivity contribution in [3.63, 3.8) is 0 Å². The summed E-state index contributed by atoms with van der Waals surface area (Å²) < 4.78 is 10.4. The lowest BCUT2D eigenvalue weighted by atomic mass is 10.1. The van der Waals surface area contributed by atoms with Crippen LogP contribution in [0.5, 0.6) is 0 Å². The Kier molecular flexibility index (Phi) is 5.92. The van der Waals surface area contributed by atoms with Crippen LogP contribution >= 0.6 is 11.6 Å². The summed E-state index contributed by atoms with van der Waals surface area (Å²) in [5, 5.41) is 0.762. The molecule has 0 fully saturated rings. The van der Waals surface area contributed by atoms with Crippen molar-refractivity contribution < 1.29 is 9.47 Å². The van der Waals surface area contributed by atoms with Gasteiger partial charge in [0, 0.05) is 31.8 Å². The van der Waals surface area contributed by atoms with E-state index in [0.29, 0.717) is 6.54 Å². The van der Waals surface area contributed by atoms with E-state index in [0.717, 1.165) is 5.02 Å². The van der Waals surface area contributed by atoms with E-state index in [1.807, 2.05) is 25.2 Å². The Morgan fingerprint density at radius 1 is 1.29 bits per heavy atom. The molecule has 0 spiro atoms. The highest BCUT2D eigenvalue weighted by molar-refractivity contribution is 6.30. The van der Waals surface area contributed by atoms with E-state index >= 15 is 0 Å². The van der Waals surface area contributed by atoms with Crippen molar-refractivity contribution in [3.05, 3.63) is 34.9 Å². The Balaban J connectivity index is 2.66. The van der Waals surface area contributed by atoms with E-state index in [1.54, 1.807) is 14.2 Å². The van der Waals surface area contributed by atoms with Gasteiger partial charge in [0.05, 0.1) is 0 Å². The Morgan fingerprint density at radius 2 is 1.94 bits per heavy atom. The molecule has 3 nitrogen and oxygen atoms in total. The molecule has 0 aromatic heterocycles. The molecule has 0 aliphatic carbocycles. The lowest BCUT2D eigenvalue weighted by molar-refractivity contribution is -0.117. The molecule has 1 atom stereocenters. The molecule has 0 heterocycles. The van der Waals surface area contributed by atoms with Crippen LogP contribution in [0.25, 0.3) is 0 Å². The molecule has 0 bridgehead atoms. The van der Waals surface area contributed by atoms with Crippen LogP contribution in [0, 0.1) is 0 Å². The van der Waals surface area contributed by atoms with Gasteiger partial charge in [0.2, 0.25) is 0 Å². The fourth-order valence-corrected chi connectivity index (χ4v) is 1.86. The second-order valence-electron chi connectivity index (χ2n) is 4.07. The minimum Gasteiger partial charge on any atom is -0.355 e. The minimum atomic E-state index is -0.207. The second-order valence-corrected chi connectivity index (χ2v) is 4.51. The third-order valence-corrected chi connectivity index (χ3v) is 3.19. The normalized spacial score (nSPS) is 13.4. The average Bonchev–Trinajstić information content (AvgIpc) is 2.34. The largest absolute Gasteiger partial charge is 0.355 e. The highest BCUT2D eigenvalue weighted by atomic mass is 35.5. The summed E-state index contributed by atoms with van der Waals surface area (Å²) in [6, 6.07) is 8.16. The number of benzene rings is 1. The summed E-state index contributed by atoms with van der Waals surface area (Å²) in [6.07, 6.45) is -0.207. The van der Waals surface area contributed by atoms with Crippen LogP contribution in [-0.2, 0) is 9.47 Å². The number of likely N-dealkylation sites (N-methyl/N-ethyl adjacent to an activating group) is 1. The van der Waals surface area contributed by atoms with Gasteiger partial charge in [0.1, 0.15) is 0 Å². The first-order valence-corrected chi connectivity index (χ1v) is 5.97. The van der Waals surface area contributed by atoms with Crippen molar-refractivity contribution in [2.24, 2.45) is 0 Å². The van der Waals surface area contributed by atoms with Gasteiger partial charge in [-0.2, -0.15) is 0 Å². The molecule has 1 aromatic carbocycles. The van der Waals surface area contributed by atoms with Gasteiger partial charge in [0.25, 0.3) is 0 Å². The number of methoxy groups -OCH3 is 2. The molecular formula is C13H20ClNO2. The maximum absolute atomic E-state index is 5.99. The molecule has 0 aliphatic rings. The third kappa shape index (κ3) is 4.28. The van der Waals surface area contributed by atoms with Crippen molar-refractivity contribution in [2.75, 3.05) is 27.8 Å². The van der Waals surface area contributed by atoms with Crippen molar-refractivity contribution in [2.45, 2.75) is 19.3 Å². The standard InChI is InChI=1S/C13H20ClNO2/c1-10(11-6-5-7-12(14)8-11)15(2)9-13(16-3)17-4/h5-8,10,13H,9H2,1-4H3. The van der Waals surface area contributed by atoms with E-state index in [4.69, 9.17) is 21.1 Å². The zero-order chi connectivity index (χ0) is 12.8. The first kappa shape index (κ1) is 14.5. The summed E-state index contributed by atoms with van der Waals surface area (Å²) in [5.74, 6) is 0. The Labute approximate surface area is 108 Å². The van der Waals surface area contributed by atoms with Gasteiger partial charge in [0.15, 0.2) is 6.29 Å². The smallest absolute Gasteiger partial charge is 0.169 e. The highest BCUT2D eigenvalue weighted by Gasteiger charge is 2.16. The summed E-state index contributed by atoms with van der Waals surface area (Å²) >= 11 is 5.99. The summed E-state index contributed by atoms with van der Waals surface area (Å²) in [6.45, 7) is 2.84. The molecule has 1 rings (SSSR count). The second kappa shape index (κ2) is 6.97. The quantitative estimate of drug-likeness (QED) is 0.732. The molecule has 0 N–H and O–H groups in total. The van der Waals surface area contributed by atoms with Crippen molar-refractivity contribution in [1.29, 1.82) is 0 Å².